The lowest BCUT2D eigenvalue weighted by Gasteiger charge is -2.34. The zero-order valence-corrected chi connectivity index (χ0v) is 16.7. The fraction of sp³-hybridized carbons (Fsp3) is 0.348. The zero-order valence-electron chi connectivity index (χ0n) is 16.7. The van der Waals surface area contributed by atoms with E-state index in [1.165, 1.54) is 22.4 Å². The van der Waals surface area contributed by atoms with E-state index >= 15 is 0 Å². The number of rotatable bonds is 5. The maximum atomic E-state index is 4.60. The summed E-state index contributed by atoms with van der Waals surface area (Å²) in [7, 11) is 0. The first kappa shape index (κ1) is 18.7. The van der Waals surface area contributed by atoms with Gasteiger partial charge in [-0.3, -0.25) is 14.8 Å². The summed E-state index contributed by atoms with van der Waals surface area (Å²) in [5, 5.41) is 0. The summed E-state index contributed by atoms with van der Waals surface area (Å²) >= 11 is 0. The molecule has 1 saturated heterocycles. The third-order valence-corrected chi connectivity index (χ3v) is 5.45. The Kier molecular flexibility index (Phi) is 5.74. The highest BCUT2D eigenvalue weighted by Gasteiger charge is 2.18. The normalized spacial score (nSPS) is 15.6. The number of piperazine rings is 1. The molecule has 3 aromatic rings. The molecule has 1 aliphatic heterocycles. The predicted molar refractivity (Wildman–Crippen MR) is 112 cm³/mol. The fourth-order valence-corrected chi connectivity index (χ4v) is 3.66. The molecule has 0 atom stereocenters. The second-order valence-electron chi connectivity index (χ2n) is 7.55. The summed E-state index contributed by atoms with van der Waals surface area (Å²) in [5.74, 6) is 0.803. The molecule has 0 saturated carbocycles. The molecule has 28 heavy (non-hydrogen) atoms. The minimum absolute atomic E-state index is 0.803. The van der Waals surface area contributed by atoms with Gasteiger partial charge in [-0.25, -0.2) is 9.97 Å². The van der Waals surface area contributed by atoms with Crippen molar-refractivity contribution in [1.29, 1.82) is 0 Å². The van der Waals surface area contributed by atoms with Crippen molar-refractivity contribution in [2.75, 3.05) is 26.2 Å². The Morgan fingerprint density at radius 2 is 1.39 bits per heavy atom. The van der Waals surface area contributed by atoms with Gasteiger partial charge in [-0.05, 0) is 31.0 Å². The predicted octanol–water partition coefficient (Wildman–Crippen LogP) is 3.47. The number of aryl methyl sites for hydroxylation is 2. The second-order valence-corrected chi connectivity index (χ2v) is 7.55. The largest absolute Gasteiger partial charge is 0.296 e. The number of nitrogens with zero attached hydrogens (tertiary/aromatic N) is 5. The molecule has 0 amide bonds. The van der Waals surface area contributed by atoms with Crippen LogP contribution in [0.4, 0.5) is 0 Å². The molecule has 0 spiro atoms. The Bertz CT molecular complexity index is 914. The van der Waals surface area contributed by atoms with Crippen LogP contribution in [0.1, 0.15) is 22.4 Å². The lowest BCUT2D eigenvalue weighted by molar-refractivity contribution is 0.120. The van der Waals surface area contributed by atoms with E-state index in [1.54, 1.807) is 0 Å². The third-order valence-electron chi connectivity index (χ3n) is 5.45. The van der Waals surface area contributed by atoms with Crippen molar-refractivity contribution < 1.29 is 0 Å². The van der Waals surface area contributed by atoms with Crippen LogP contribution in [0.25, 0.3) is 11.4 Å². The molecule has 0 unspecified atom stereocenters. The van der Waals surface area contributed by atoms with Gasteiger partial charge in [0.05, 0.1) is 5.69 Å². The molecule has 1 fully saturated rings. The van der Waals surface area contributed by atoms with E-state index in [-0.39, 0.29) is 0 Å². The number of benzene rings is 1. The Labute approximate surface area is 167 Å². The maximum Gasteiger partial charge on any atom is 0.159 e. The van der Waals surface area contributed by atoms with Crippen LogP contribution in [0.5, 0.6) is 0 Å². The van der Waals surface area contributed by atoms with E-state index < -0.39 is 0 Å². The molecule has 2 aromatic heterocycles. The van der Waals surface area contributed by atoms with Crippen LogP contribution in [0.3, 0.4) is 0 Å². The first-order valence-corrected chi connectivity index (χ1v) is 9.91. The lowest BCUT2D eigenvalue weighted by Crippen LogP contribution is -2.45. The lowest BCUT2D eigenvalue weighted by atomic mass is 10.1. The van der Waals surface area contributed by atoms with Crippen molar-refractivity contribution in [3.05, 3.63) is 77.4 Å². The van der Waals surface area contributed by atoms with Crippen LogP contribution >= 0.6 is 0 Å². The molecule has 3 heterocycles. The average Bonchev–Trinajstić information content (AvgIpc) is 2.72. The van der Waals surface area contributed by atoms with Crippen LogP contribution in [0, 0.1) is 13.8 Å². The van der Waals surface area contributed by atoms with E-state index in [0.717, 1.165) is 50.7 Å². The molecule has 0 bridgehead atoms. The molecule has 144 valence electrons. The van der Waals surface area contributed by atoms with Crippen molar-refractivity contribution in [2.24, 2.45) is 0 Å². The Morgan fingerprint density at radius 1 is 0.750 bits per heavy atom. The van der Waals surface area contributed by atoms with E-state index in [4.69, 9.17) is 0 Å². The molecule has 5 nitrogen and oxygen atoms in total. The molecular weight excluding hydrogens is 346 g/mol. The number of hydrogen-bond donors (Lipinski definition) is 0. The van der Waals surface area contributed by atoms with Crippen molar-refractivity contribution in [2.45, 2.75) is 26.9 Å². The van der Waals surface area contributed by atoms with Gasteiger partial charge in [-0.15, -0.1) is 0 Å². The van der Waals surface area contributed by atoms with Gasteiger partial charge < -0.3 is 0 Å². The summed E-state index contributed by atoms with van der Waals surface area (Å²) in [4.78, 5) is 18.7. The molecule has 1 aromatic carbocycles. The van der Waals surface area contributed by atoms with E-state index in [2.05, 4.69) is 56.8 Å². The molecule has 0 aliphatic carbocycles. The van der Waals surface area contributed by atoms with Crippen LogP contribution in [0.15, 0.2) is 55.0 Å². The van der Waals surface area contributed by atoms with Gasteiger partial charge in [0.1, 0.15) is 0 Å². The summed E-state index contributed by atoms with van der Waals surface area (Å²) < 4.78 is 0. The standard InChI is InChI=1S/C23H27N5/c1-18-6-3-4-8-21(18)23-25-14-20(15-26-23)16-27-10-12-28(13-11-27)17-22-19(2)7-5-9-24-22/h3-9,14-15H,10-13,16-17H2,1-2H3. The molecule has 1 aliphatic rings. The van der Waals surface area contributed by atoms with Gasteiger partial charge >= 0.3 is 0 Å². The van der Waals surface area contributed by atoms with Crippen molar-refractivity contribution >= 4 is 0 Å². The summed E-state index contributed by atoms with van der Waals surface area (Å²) in [6.45, 7) is 10.3. The van der Waals surface area contributed by atoms with Gasteiger partial charge in [0.25, 0.3) is 0 Å². The van der Waals surface area contributed by atoms with E-state index in [9.17, 15) is 0 Å². The van der Waals surface area contributed by atoms with Crippen LogP contribution in [-0.4, -0.2) is 50.9 Å². The Morgan fingerprint density at radius 3 is 2.07 bits per heavy atom. The smallest absolute Gasteiger partial charge is 0.159 e. The first-order valence-electron chi connectivity index (χ1n) is 9.91. The van der Waals surface area contributed by atoms with Crippen LogP contribution < -0.4 is 0 Å². The third kappa shape index (κ3) is 4.43. The summed E-state index contributed by atoms with van der Waals surface area (Å²) in [5.41, 5.74) is 5.94. The molecule has 4 rings (SSSR count). The van der Waals surface area contributed by atoms with Gasteiger partial charge in [0.15, 0.2) is 5.82 Å². The van der Waals surface area contributed by atoms with Crippen molar-refractivity contribution in [3.8, 4) is 11.4 Å². The van der Waals surface area contributed by atoms with Gasteiger partial charge in [-0.1, -0.05) is 30.3 Å². The zero-order chi connectivity index (χ0) is 19.3. The second kappa shape index (κ2) is 8.59. The van der Waals surface area contributed by atoms with E-state index in [0.29, 0.717) is 0 Å². The topological polar surface area (TPSA) is 45.2 Å². The molecule has 0 radical (unpaired) electrons. The minimum Gasteiger partial charge on any atom is -0.296 e. The van der Waals surface area contributed by atoms with E-state index in [1.807, 2.05) is 36.8 Å². The number of hydrogen-bond acceptors (Lipinski definition) is 5. The first-order chi connectivity index (χ1) is 13.7. The Balaban J connectivity index is 1.31. The monoisotopic (exact) mass is 373 g/mol. The Hall–Kier alpha value is -2.63. The molecular formula is C23H27N5. The van der Waals surface area contributed by atoms with Crippen molar-refractivity contribution in [3.63, 3.8) is 0 Å². The minimum atomic E-state index is 0.803. The highest BCUT2D eigenvalue weighted by Crippen LogP contribution is 2.19. The molecule has 5 heteroatoms. The summed E-state index contributed by atoms with van der Waals surface area (Å²) in [6, 6.07) is 12.4. The number of aromatic nitrogens is 3. The highest BCUT2D eigenvalue weighted by atomic mass is 15.3. The maximum absolute atomic E-state index is 4.60. The van der Waals surface area contributed by atoms with Gasteiger partial charge in [-0.2, -0.15) is 0 Å². The average molecular weight is 374 g/mol. The number of pyridine rings is 1. The highest BCUT2D eigenvalue weighted by molar-refractivity contribution is 5.59. The molecule has 0 N–H and O–H groups in total. The van der Waals surface area contributed by atoms with Crippen LogP contribution in [0.2, 0.25) is 0 Å². The summed E-state index contributed by atoms with van der Waals surface area (Å²) in [6.07, 6.45) is 5.83. The van der Waals surface area contributed by atoms with Gasteiger partial charge in [0, 0.05) is 69.0 Å². The van der Waals surface area contributed by atoms with Crippen molar-refractivity contribution in [1.82, 2.24) is 24.8 Å². The SMILES string of the molecule is Cc1ccccc1-c1ncc(CN2CCN(Cc3ncccc3C)CC2)cn1. The fourth-order valence-electron chi connectivity index (χ4n) is 3.66. The van der Waals surface area contributed by atoms with Crippen LogP contribution in [-0.2, 0) is 13.1 Å². The van der Waals surface area contributed by atoms with Gasteiger partial charge in [0.2, 0.25) is 0 Å². The quantitative estimate of drug-likeness (QED) is 0.685.